The van der Waals surface area contributed by atoms with Gasteiger partial charge in [0.1, 0.15) is 6.10 Å². The zero-order valence-electron chi connectivity index (χ0n) is 14.8. The molecule has 24 heavy (non-hydrogen) atoms. The average Bonchev–Trinajstić information content (AvgIpc) is 3.02. The fraction of sp³-hybridized carbons (Fsp3) is 0.750. The molecular weight excluding hydrogens is 304 g/mol. The second kappa shape index (κ2) is 4.95. The van der Waals surface area contributed by atoms with E-state index in [1.165, 1.54) is 5.56 Å². The third-order valence-corrected chi connectivity index (χ3v) is 7.84. The molecule has 4 nitrogen and oxygen atoms in total. The van der Waals surface area contributed by atoms with Crippen LogP contribution in [0.1, 0.15) is 57.6 Å². The maximum Gasteiger partial charge on any atom is 0.167 e. The van der Waals surface area contributed by atoms with Crippen molar-refractivity contribution in [3.8, 4) is 0 Å². The van der Waals surface area contributed by atoms with Gasteiger partial charge in [-0.05, 0) is 54.9 Å². The normalized spacial score (nSPS) is 43.7. The first-order chi connectivity index (χ1) is 11.3. The van der Waals surface area contributed by atoms with Gasteiger partial charge in [-0.2, -0.15) is 0 Å². The number of hydrogen-bond donors (Lipinski definition) is 2. The summed E-state index contributed by atoms with van der Waals surface area (Å²) in [6.45, 7) is 6.35. The Kier molecular flexibility index (Phi) is 3.37. The summed E-state index contributed by atoms with van der Waals surface area (Å²) in [5.41, 5.74) is 1.43. The quantitative estimate of drug-likeness (QED) is 0.829. The van der Waals surface area contributed by atoms with Crippen LogP contribution in [-0.4, -0.2) is 28.7 Å². The highest BCUT2D eigenvalue weighted by Crippen LogP contribution is 2.66. The Labute approximate surface area is 143 Å². The van der Waals surface area contributed by atoms with Crippen LogP contribution in [0.15, 0.2) is 16.9 Å². The second-order valence-corrected chi connectivity index (χ2v) is 9.12. The van der Waals surface area contributed by atoms with E-state index >= 15 is 0 Å². The Morgan fingerprint density at radius 2 is 1.96 bits per heavy atom. The van der Waals surface area contributed by atoms with Crippen LogP contribution in [0.4, 0.5) is 0 Å². The fourth-order valence-electron chi connectivity index (χ4n) is 6.82. The lowest BCUT2D eigenvalue weighted by molar-refractivity contribution is -0.175. The summed E-state index contributed by atoms with van der Waals surface area (Å²) >= 11 is 0. The minimum atomic E-state index is -0.888. The van der Waals surface area contributed by atoms with Crippen molar-refractivity contribution in [3.05, 3.63) is 23.7 Å². The number of rotatable bonds is 1. The van der Waals surface area contributed by atoms with E-state index in [-0.39, 0.29) is 35.1 Å². The maximum absolute atomic E-state index is 12.6. The molecule has 0 radical (unpaired) electrons. The van der Waals surface area contributed by atoms with Gasteiger partial charge >= 0.3 is 0 Å². The standard InChI is InChI=1S/C20H28O4/c1-18(2)15-6-7-20(11-21)13-10-24-9-12(13)4-5-16(20)19(15,3)8-14(22)17(18)23/h9-10,14-16,21-22H,4-8,11H2,1-3H3/t14-,15+,16-,19+,20-/m1/s1. The van der Waals surface area contributed by atoms with Crippen molar-refractivity contribution in [1.82, 2.24) is 0 Å². The highest BCUT2D eigenvalue weighted by atomic mass is 16.3. The predicted octanol–water partition coefficient (Wildman–Crippen LogP) is 2.85. The van der Waals surface area contributed by atoms with E-state index in [0.717, 1.165) is 31.2 Å². The van der Waals surface area contributed by atoms with Crippen LogP contribution in [0, 0.1) is 22.7 Å². The van der Waals surface area contributed by atoms with Crippen molar-refractivity contribution in [2.45, 2.75) is 64.4 Å². The van der Waals surface area contributed by atoms with E-state index in [0.29, 0.717) is 6.42 Å². The van der Waals surface area contributed by atoms with Crippen LogP contribution in [0.2, 0.25) is 0 Å². The molecule has 1 aromatic rings. The van der Waals surface area contributed by atoms with Gasteiger partial charge in [0.25, 0.3) is 0 Å². The van der Waals surface area contributed by atoms with Gasteiger partial charge in [0.2, 0.25) is 0 Å². The minimum absolute atomic E-state index is 0.0127. The number of aliphatic hydroxyl groups is 2. The summed E-state index contributed by atoms with van der Waals surface area (Å²) in [5, 5.41) is 20.9. The molecule has 0 spiro atoms. The second-order valence-electron chi connectivity index (χ2n) is 9.12. The van der Waals surface area contributed by atoms with E-state index in [2.05, 4.69) is 6.92 Å². The number of carbonyl (C=O) groups excluding carboxylic acids is 1. The summed E-state index contributed by atoms with van der Waals surface area (Å²) in [7, 11) is 0. The molecule has 0 amide bonds. The number of carbonyl (C=O) groups is 1. The van der Waals surface area contributed by atoms with Crippen molar-refractivity contribution in [3.63, 3.8) is 0 Å². The number of aryl methyl sites for hydroxylation is 1. The van der Waals surface area contributed by atoms with Gasteiger partial charge in [0, 0.05) is 16.4 Å². The van der Waals surface area contributed by atoms with Crippen LogP contribution in [-0.2, 0) is 16.6 Å². The molecular formula is C20H28O4. The van der Waals surface area contributed by atoms with E-state index in [4.69, 9.17) is 4.42 Å². The SMILES string of the molecule is CC1(C)C(=O)[C@H](O)C[C@@]2(C)[C@H]1CC[C@@]1(CO)c3cocc3CC[C@@H]12. The summed E-state index contributed by atoms with van der Waals surface area (Å²) in [6.07, 6.45) is 6.98. The van der Waals surface area contributed by atoms with Gasteiger partial charge in [0.15, 0.2) is 5.78 Å². The molecule has 2 saturated carbocycles. The van der Waals surface area contributed by atoms with Crippen molar-refractivity contribution in [1.29, 1.82) is 0 Å². The number of aliphatic hydroxyl groups excluding tert-OH is 2. The van der Waals surface area contributed by atoms with Gasteiger partial charge in [0.05, 0.1) is 19.1 Å². The summed E-state index contributed by atoms with van der Waals surface area (Å²) in [4.78, 5) is 12.6. The molecule has 1 heterocycles. The highest BCUT2D eigenvalue weighted by Gasteiger charge is 2.64. The Bertz CT molecular complexity index is 675. The molecule has 4 rings (SSSR count). The molecule has 5 atom stereocenters. The summed E-state index contributed by atoms with van der Waals surface area (Å²) in [5.74, 6) is 0.501. The van der Waals surface area contributed by atoms with E-state index in [1.54, 1.807) is 0 Å². The van der Waals surface area contributed by atoms with Crippen molar-refractivity contribution < 1.29 is 19.4 Å². The Morgan fingerprint density at radius 3 is 2.67 bits per heavy atom. The summed E-state index contributed by atoms with van der Waals surface area (Å²) < 4.78 is 5.48. The topological polar surface area (TPSA) is 70.7 Å². The molecule has 0 aliphatic heterocycles. The number of Topliss-reactive ketones (excluding diaryl/α,β-unsaturated/α-hetero) is 1. The van der Waals surface area contributed by atoms with Crippen LogP contribution in [0.3, 0.4) is 0 Å². The van der Waals surface area contributed by atoms with E-state index in [9.17, 15) is 15.0 Å². The highest BCUT2D eigenvalue weighted by molar-refractivity contribution is 5.89. The minimum Gasteiger partial charge on any atom is -0.472 e. The Morgan fingerprint density at radius 1 is 1.21 bits per heavy atom. The van der Waals surface area contributed by atoms with Gasteiger partial charge in [-0.1, -0.05) is 20.8 Å². The number of fused-ring (bicyclic) bond motifs is 5. The van der Waals surface area contributed by atoms with Crippen molar-refractivity contribution in [2.75, 3.05) is 6.61 Å². The lowest BCUT2D eigenvalue weighted by Gasteiger charge is -2.64. The number of ketones is 1. The molecule has 0 bridgehead atoms. The smallest absolute Gasteiger partial charge is 0.167 e. The first-order valence-electron chi connectivity index (χ1n) is 9.16. The van der Waals surface area contributed by atoms with Crippen LogP contribution in [0.25, 0.3) is 0 Å². The molecule has 3 aliphatic rings. The van der Waals surface area contributed by atoms with Crippen molar-refractivity contribution >= 4 is 5.78 Å². The van der Waals surface area contributed by atoms with Crippen LogP contribution >= 0.6 is 0 Å². The lowest BCUT2D eigenvalue weighted by atomic mass is 9.40. The molecule has 4 heteroatoms. The molecule has 2 fully saturated rings. The zero-order chi connectivity index (χ0) is 17.3. The van der Waals surface area contributed by atoms with Crippen LogP contribution < -0.4 is 0 Å². The first kappa shape index (κ1) is 16.3. The number of hydrogen-bond acceptors (Lipinski definition) is 4. The largest absolute Gasteiger partial charge is 0.472 e. The zero-order valence-corrected chi connectivity index (χ0v) is 14.8. The Hall–Kier alpha value is -1.13. The monoisotopic (exact) mass is 332 g/mol. The molecule has 0 unspecified atom stereocenters. The number of furan rings is 1. The van der Waals surface area contributed by atoms with E-state index < -0.39 is 11.5 Å². The fourth-order valence-corrected chi connectivity index (χ4v) is 6.82. The van der Waals surface area contributed by atoms with Crippen molar-refractivity contribution in [2.24, 2.45) is 22.7 Å². The molecule has 3 aliphatic carbocycles. The molecule has 132 valence electrons. The summed E-state index contributed by atoms with van der Waals surface area (Å²) in [6, 6.07) is 0. The van der Waals surface area contributed by atoms with E-state index in [1.807, 2.05) is 26.4 Å². The van der Waals surface area contributed by atoms with Gasteiger partial charge in [-0.3, -0.25) is 4.79 Å². The average molecular weight is 332 g/mol. The third kappa shape index (κ3) is 1.79. The molecule has 0 saturated heterocycles. The molecule has 0 aromatic carbocycles. The van der Waals surface area contributed by atoms with Gasteiger partial charge < -0.3 is 14.6 Å². The van der Waals surface area contributed by atoms with Gasteiger partial charge in [-0.15, -0.1) is 0 Å². The lowest BCUT2D eigenvalue weighted by Crippen LogP contribution is -2.64. The van der Waals surface area contributed by atoms with Gasteiger partial charge in [-0.25, -0.2) is 0 Å². The molecule has 2 N–H and O–H groups in total. The predicted molar refractivity (Wildman–Crippen MR) is 89.5 cm³/mol. The third-order valence-electron chi connectivity index (χ3n) is 7.84. The Balaban J connectivity index is 1.84. The van der Waals surface area contributed by atoms with Crippen LogP contribution in [0.5, 0.6) is 0 Å². The first-order valence-corrected chi connectivity index (χ1v) is 9.16. The molecule has 1 aromatic heterocycles. The maximum atomic E-state index is 12.6.